The molecule has 5 heteroatoms. The summed E-state index contributed by atoms with van der Waals surface area (Å²) in [6.45, 7) is 1.09. The van der Waals surface area contributed by atoms with Crippen LogP contribution in [0.2, 0.25) is 0 Å². The number of amides is 1. The Bertz CT molecular complexity index is 154. The van der Waals surface area contributed by atoms with E-state index in [1.54, 1.807) is 0 Å². The van der Waals surface area contributed by atoms with Gasteiger partial charge in [-0.3, -0.25) is 0 Å². The van der Waals surface area contributed by atoms with Crippen molar-refractivity contribution in [3.63, 3.8) is 0 Å². The summed E-state index contributed by atoms with van der Waals surface area (Å²) in [5, 5.41) is 13.2. The van der Waals surface area contributed by atoms with Crippen molar-refractivity contribution in [2.24, 2.45) is 5.92 Å². The van der Waals surface area contributed by atoms with Crippen LogP contribution in [0, 0.1) is 5.92 Å². The molecular formula is C6H11FN2O2. The average molecular weight is 162 g/mol. The summed E-state index contributed by atoms with van der Waals surface area (Å²) >= 11 is 0. The van der Waals surface area contributed by atoms with Crippen LogP contribution >= 0.6 is 0 Å². The highest BCUT2D eigenvalue weighted by molar-refractivity contribution is 5.64. The van der Waals surface area contributed by atoms with Crippen LogP contribution in [0.5, 0.6) is 0 Å². The maximum absolute atomic E-state index is 12.7. The highest BCUT2D eigenvalue weighted by Gasteiger charge is 2.26. The Balaban J connectivity index is 2.20. The van der Waals surface area contributed by atoms with Crippen molar-refractivity contribution in [3.8, 4) is 0 Å². The molecular weight excluding hydrogens is 151 g/mol. The highest BCUT2D eigenvalue weighted by atomic mass is 19.1. The van der Waals surface area contributed by atoms with E-state index in [4.69, 9.17) is 5.11 Å². The number of hydrogen-bond acceptors (Lipinski definition) is 2. The van der Waals surface area contributed by atoms with Crippen molar-refractivity contribution in [3.05, 3.63) is 0 Å². The Labute approximate surface area is 63.8 Å². The van der Waals surface area contributed by atoms with E-state index in [9.17, 15) is 9.18 Å². The number of rotatable bonds is 2. The summed E-state index contributed by atoms with van der Waals surface area (Å²) in [5.41, 5.74) is 0. The van der Waals surface area contributed by atoms with Gasteiger partial charge < -0.3 is 15.7 Å². The second-order valence-corrected chi connectivity index (χ2v) is 2.62. The standard InChI is InChI=1S/C6H11FN2O2/c7-5-3-8-1-4(5)2-9-6(10)11/h4-5,8-9H,1-3H2,(H,10,11). The third-order valence-electron chi connectivity index (χ3n) is 1.77. The van der Waals surface area contributed by atoms with E-state index < -0.39 is 12.3 Å². The largest absolute Gasteiger partial charge is 0.465 e. The molecule has 64 valence electrons. The fourth-order valence-electron chi connectivity index (χ4n) is 1.12. The predicted octanol–water partition coefficient (Wildman–Crippen LogP) is -0.188. The molecule has 0 aromatic heterocycles. The first-order valence-corrected chi connectivity index (χ1v) is 3.51. The molecule has 0 aliphatic carbocycles. The van der Waals surface area contributed by atoms with Gasteiger partial charge in [-0.25, -0.2) is 9.18 Å². The van der Waals surface area contributed by atoms with E-state index in [1.165, 1.54) is 0 Å². The van der Waals surface area contributed by atoms with Crippen LogP contribution in [0.1, 0.15) is 0 Å². The first kappa shape index (κ1) is 8.26. The Morgan fingerprint density at radius 3 is 2.91 bits per heavy atom. The molecule has 3 N–H and O–H groups in total. The van der Waals surface area contributed by atoms with Gasteiger partial charge in [0.15, 0.2) is 0 Å². The molecule has 0 aromatic rings. The van der Waals surface area contributed by atoms with E-state index in [1.807, 2.05) is 0 Å². The molecule has 4 nitrogen and oxygen atoms in total. The number of carboxylic acid groups (broad SMARTS) is 1. The molecule has 11 heavy (non-hydrogen) atoms. The molecule has 1 heterocycles. The zero-order chi connectivity index (χ0) is 8.27. The minimum atomic E-state index is -1.09. The molecule has 1 rings (SSSR count). The monoisotopic (exact) mass is 162 g/mol. The smallest absolute Gasteiger partial charge is 0.404 e. The first-order chi connectivity index (χ1) is 5.20. The minimum Gasteiger partial charge on any atom is -0.465 e. The number of alkyl halides is 1. The second-order valence-electron chi connectivity index (χ2n) is 2.62. The normalized spacial score (nSPS) is 30.3. The number of hydrogen-bond donors (Lipinski definition) is 3. The maximum atomic E-state index is 12.7. The zero-order valence-corrected chi connectivity index (χ0v) is 6.01. The molecule has 0 bridgehead atoms. The Kier molecular flexibility index (Phi) is 2.64. The summed E-state index contributed by atoms with van der Waals surface area (Å²) in [5.74, 6) is -0.203. The van der Waals surface area contributed by atoms with Crippen molar-refractivity contribution in [1.82, 2.24) is 10.6 Å². The van der Waals surface area contributed by atoms with Gasteiger partial charge in [0, 0.05) is 25.6 Å². The van der Waals surface area contributed by atoms with E-state index in [-0.39, 0.29) is 12.5 Å². The number of carbonyl (C=O) groups is 1. The van der Waals surface area contributed by atoms with Gasteiger partial charge in [0.2, 0.25) is 0 Å². The molecule has 1 aliphatic rings. The molecule has 1 amide bonds. The van der Waals surface area contributed by atoms with Gasteiger partial charge in [-0.05, 0) is 0 Å². The van der Waals surface area contributed by atoms with Gasteiger partial charge in [0.05, 0.1) is 0 Å². The van der Waals surface area contributed by atoms with Crippen molar-refractivity contribution in [1.29, 1.82) is 0 Å². The lowest BCUT2D eigenvalue weighted by atomic mass is 10.1. The van der Waals surface area contributed by atoms with Crippen LogP contribution in [0.15, 0.2) is 0 Å². The lowest BCUT2D eigenvalue weighted by Gasteiger charge is -2.09. The molecule has 1 fully saturated rings. The second kappa shape index (κ2) is 3.52. The lowest BCUT2D eigenvalue weighted by Crippen LogP contribution is -2.31. The lowest BCUT2D eigenvalue weighted by molar-refractivity contribution is 0.189. The van der Waals surface area contributed by atoms with E-state index >= 15 is 0 Å². The topological polar surface area (TPSA) is 61.4 Å². The maximum Gasteiger partial charge on any atom is 0.404 e. The zero-order valence-electron chi connectivity index (χ0n) is 6.01. The van der Waals surface area contributed by atoms with Gasteiger partial charge in [0.25, 0.3) is 0 Å². The number of nitrogens with one attached hydrogen (secondary N) is 2. The van der Waals surface area contributed by atoms with Crippen LogP contribution in [-0.2, 0) is 0 Å². The first-order valence-electron chi connectivity index (χ1n) is 3.51. The van der Waals surface area contributed by atoms with Crippen molar-refractivity contribution in [2.75, 3.05) is 19.6 Å². The van der Waals surface area contributed by atoms with Gasteiger partial charge in [-0.2, -0.15) is 0 Å². The summed E-state index contributed by atoms with van der Waals surface area (Å²) in [4.78, 5) is 10.0. The third-order valence-corrected chi connectivity index (χ3v) is 1.77. The summed E-state index contributed by atoms with van der Waals surface area (Å²) in [6, 6.07) is 0. The summed E-state index contributed by atoms with van der Waals surface area (Å²) in [7, 11) is 0. The SMILES string of the molecule is O=C(O)NCC1CNCC1F. The Morgan fingerprint density at radius 2 is 2.45 bits per heavy atom. The molecule has 2 atom stereocenters. The van der Waals surface area contributed by atoms with Crippen LogP contribution in [0.25, 0.3) is 0 Å². The van der Waals surface area contributed by atoms with Gasteiger partial charge in [0.1, 0.15) is 6.17 Å². The van der Waals surface area contributed by atoms with E-state index in [2.05, 4.69) is 10.6 Å². The van der Waals surface area contributed by atoms with Gasteiger partial charge >= 0.3 is 6.09 Å². The molecule has 0 spiro atoms. The molecule has 1 saturated heterocycles. The predicted molar refractivity (Wildman–Crippen MR) is 37.3 cm³/mol. The molecule has 1 aliphatic heterocycles. The van der Waals surface area contributed by atoms with Crippen LogP contribution in [0.4, 0.5) is 9.18 Å². The van der Waals surface area contributed by atoms with Gasteiger partial charge in [-0.1, -0.05) is 0 Å². The van der Waals surface area contributed by atoms with Crippen LogP contribution < -0.4 is 10.6 Å². The molecule has 0 aromatic carbocycles. The fraction of sp³-hybridized carbons (Fsp3) is 0.833. The summed E-state index contributed by atoms with van der Waals surface area (Å²) < 4.78 is 12.7. The van der Waals surface area contributed by atoms with Crippen LogP contribution in [0.3, 0.4) is 0 Å². The van der Waals surface area contributed by atoms with Crippen LogP contribution in [-0.4, -0.2) is 37.0 Å². The average Bonchev–Trinajstić information content (AvgIpc) is 2.31. The number of halogens is 1. The molecule has 0 radical (unpaired) electrons. The Morgan fingerprint density at radius 1 is 1.73 bits per heavy atom. The highest BCUT2D eigenvalue weighted by Crippen LogP contribution is 2.10. The van der Waals surface area contributed by atoms with E-state index in [0.717, 1.165) is 0 Å². The van der Waals surface area contributed by atoms with Gasteiger partial charge in [-0.15, -0.1) is 0 Å². The quantitative estimate of drug-likeness (QED) is 0.527. The minimum absolute atomic E-state index is 0.198. The van der Waals surface area contributed by atoms with Crippen molar-refractivity contribution >= 4 is 6.09 Å². The fourth-order valence-corrected chi connectivity index (χ4v) is 1.12. The van der Waals surface area contributed by atoms with E-state index in [0.29, 0.717) is 13.1 Å². The third kappa shape index (κ3) is 2.34. The summed E-state index contributed by atoms with van der Waals surface area (Å²) in [6.07, 6.45) is -2.01. The molecule has 0 saturated carbocycles. The van der Waals surface area contributed by atoms with Crippen molar-refractivity contribution in [2.45, 2.75) is 6.17 Å². The van der Waals surface area contributed by atoms with Crippen molar-refractivity contribution < 1.29 is 14.3 Å². The molecule has 2 unspecified atom stereocenters. The Hall–Kier alpha value is -0.840.